The van der Waals surface area contributed by atoms with E-state index >= 15 is 0 Å². The lowest BCUT2D eigenvalue weighted by Crippen LogP contribution is -2.39. The molecule has 0 aromatic heterocycles. The standard InChI is InChI=1S/C20H39NO2/c1-2-3-4-7-12-17-21-19-15-11-10-14-18(19)13-8-5-6-9-16-20(22)23/h18-19,21H,2-17H2,1H3,(H,22,23)/t18-,19-/m1/s1. The van der Waals surface area contributed by atoms with E-state index in [9.17, 15) is 4.79 Å². The molecule has 2 N–H and O–H groups in total. The van der Waals surface area contributed by atoms with Crippen molar-refractivity contribution in [2.75, 3.05) is 6.54 Å². The molecule has 0 aliphatic heterocycles. The smallest absolute Gasteiger partial charge is 0.303 e. The molecule has 1 fully saturated rings. The summed E-state index contributed by atoms with van der Waals surface area (Å²) >= 11 is 0. The van der Waals surface area contributed by atoms with E-state index in [1.54, 1.807) is 0 Å². The molecule has 1 aliphatic rings. The summed E-state index contributed by atoms with van der Waals surface area (Å²) in [6.07, 6.45) is 18.4. The molecule has 0 amide bonds. The predicted octanol–water partition coefficient (Wildman–Crippen LogP) is 5.53. The van der Waals surface area contributed by atoms with Crippen LogP contribution in [0.2, 0.25) is 0 Å². The molecule has 3 heteroatoms. The Balaban J connectivity index is 2.07. The average molecular weight is 326 g/mol. The van der Waals surface area contributed by atoms with Crippen LogP contribution in [0.1, 0.15) is 103 Å². The first kappa shape index (κ1) is 20.5. The van der Waals surface area contributed by atoms with Crippen LogP contribution in [-0.4, -0.2) is 23.7 Å². The Morgan fingerprint density at radius 1 is 0.957 bits per heavy atom. The number of carboxylic acids is 1. The van der Waals surface area contributed by atoms with Crippen molar-refractivity contribution in [2.45, 2.75) is 109 Å². The van der Waals surface area contributed by atoms with Gasteiger partial charge in [-0.3, -0.25) is 4.79 Å². The van der Waals surface area contributed by atoms with E-state index in [0.717, 1.165) is 24.8 Å². The number of carboxylic acid groups (broad SMARTS) is 1. The Morgan fingerprint density at radius 2 is 1.65 bits per heavy atom. The summed E-state index contributed by atoms with van der Waals surface area (Å²) in [4.78, 5) is 10.5. The van der Waals surface area contributed by atoms with Crippen LogP contribution < -0.4 is 5.32 Å². The van der Waals surface area contributed by atoms with Gasteiger partial charge in [0.1, 0.15) is 0 Å². The monoisotopic (exact) mass is 325 g/mol. The second-order valence-corrected chi connectivity index (χ2v) is 7.37. The van der Waals surface area contributed by atoms with E-state index in [-0.39, 0.29) is 0 Å². The number of hydrogen-bond donors (Lipinski definition) is 2. The summed E-state index contributed by atoms with van der Waals surface area (Å²) < 4.78 is 0. The number of rotatable bonds is 14. The van der Waals surface area contributed by atoms with E-state index in [4.69, 9.17) is 5.11 Å². The summed E-state index contributed by atoms with van der Waals surface area (Å²) in [5.41, 5.74) is 0. The maximum absolute atomic E-state index is 10.5. The van der Waals surface area contributed by atoms with Gasteiger partial charge in [0.2, 0.25) is 0 Å². The van der Waals surface area contributed by atoms with Gasteiger partial charge in [-0.25, -0.2) is 0 Å². The number of carbonyl (C=O) groups is 1. The summed E-state index contributed by atoms with van der Waals surface area (Å²) in [7, 11) is 0. The van der Waals surface area contributed by atoms with Gasteiger partial charge >= 0.3 is 5.97 Å². The lowest BCUT2D eigenvalue weighted by molar-refractivity contribution is -0.137. The molecule has 0 radical (unpaired) electrons. The highest BCUT2D eigenvalue weighted by Gasteiger charge is 2.23. The van der Waals surface area contributed by atoms with Crippen LogP contribution in [-0.2, 0) is 4.79 Å². The summed E-state index contributed by atoms with van der Waals surface area (Å²) in [5.74, 6) is 0.208. The Labute approximate surface area is 143 Å². The van der Waals surface area contributed by atoms with Crippen LogP contribution in [0.4, 0.5) is 0 Å². The first-order valence-corrected chi connectivity index (χ1v) is 10.2. The molecule has 1 rings (SSSR count). The van der Waals surface area contributed by atoms with Crippen molar-refractivity contribution in [1.82, 2.24) is 5.32 Å². The molecule has 0 heterocycles. The Morgan fingerprint density at radius 3 is 2.43 bits per heavy atom. The molecular weight excluding hydrogens is 286 g/mol. The van der Waals surface area contributed by atoms with Gasteiger partial charge in [-0.05, 0) is 44.6 Å². The minimum atomic E-state index is -0.652. The summed E-state index contributed by atoms with van der Waals surface area (Å²) in [5, 5.41) is 12.5. The molecule has 0 saturated heterocycles. The molecule has 1 aliphatic carbocycles. The molecule has 0 spiro atoms. The van der Waals surface area contributed by atoms with Gasteiger partial charge in [0.25, 0.3) is 0 Å². The van der Waals surface area contributed by atoms with Crippen LogP contribution in [0.5, 0.6) is 0 Å². The molecule has 0 unspecified atom stereocenters. The van der Waals surface area contributed by atoms with E-state index in [0.29, 0.717) is 6.42 Å². The van der Waals surface area contributed by atoms with Crippen LogP contribution in [0, 0.1) is 5.92 Å². The number of hydrogen-bond acceptors (Lipinski definition) is 2. The van der Waals surface area contributed by atoms with E-state index in [1.807, 2.05) is 0 Å². The molecule has 0 aromatic rings. The zero-order chi connectivity index (χ0) is 16.8. The van der Waals surface area contributed by atoms with Crippen molar-refractivity contribution >= 4 is 5.97 Å². The third-order valence-corrected chi connectivity index (χ3v) is 5.31. The normalized spacial score (nSPS) is 21.4. The van der Waals surface area contributed by atoms with Gasteiger partial charge in [0, 0.05) is 12.5 Å². The highest BCUT2D eigenvalue weighted by Crippen LogP contribution is 2.29. The van der Waals surface area contributed by atoms with Crippen LogP contribution in [0.25, 0.3) is 0 Å². The van der Waals surface area contributed by atoms with Crippen molar-refractivity contribution < 1.29 is 9.90 Å². The molecule has 23 heavy (non-hydrogen) atoms. The van der Waals surface area contributed by atoms with Gasteiger partial charge in [0.05, 0.1) is 0 Å². The first-order chi connectivity index (χ1) is 11.2. The predicted molar refractivity (Wildman–Crippen MR) is 97.8 cm³/mol. The van der Waals surface area contributed by atoms with Gasteiger partial charge in [-0.1, -0.05) is 64.7 Å². The Kier molecular flexibility index (Phi) is 12.3. The molecular formula is C20H39NO2. The highest BCUT2D eigenvalue weighted by atomic mass is 16.4. The fraction of sp³-hybridized carbons (Fsp3) is 0.950. The SMILES string of the molecule is CCCCCCCN[C@@H]1CCCC[C@H]1CCCCCCC(=O)O. The van der Waals surface area contributed by atoms with E-state index in [1.165, 1.54) is 83.6 Å². The summed E-state index contributed by atoms with van der Waals surface area (Å²) in [6.45, 7) is 3.47. The number of unbranched alkanes of at least 4 members (excludes halogenated alkanes) is 7. The zero-order valence-electron chi connectivity index (χ0n) is 15.3. The van der Waals surface area contributed by atoms with Gasteiger partial charge in [-0.15, -0.1) is 0 Å². The third kappa shape index (κ3) is 10.8. The Hall–Kier alpha value is -0.570. The lowest BCUT2D eigenvalue weighted by Gasteiger charge is -2.32. The average Bonchev–Trinajstić information content (AvgIpc) is 2.55. The van der Waals surface area contributed by atoms with Crippen LogP contribution >= 0.6 is 0 Å². The van der Waals surface area contributed by atoms with Crippen molar-refractivity contribution in [3.8, 4) is 0 Å². The fourth-order valence-electron chi connectivity index (χ4n) is 3.87. The maximum Gasteiger partial charge on any atom is 0.303 e. The second-order valence-electron chi connectivity index (χ2n) is 7.37. The number of aliphatic carboxylic acids is 1. The minimum absolute atomic E-state index is 0.339. The van der Waals surface area contributed by atoms with Gasteiger partial charge in [0.15, 0.2) is 0 Å². The zero-order valence-corrected chi connectivity index (χ0v) is 15.3. The highest BCUT2D eigenvalue weighted by molar-refractivity contribution is 5.66. The molecule has 1 saturated carbocycles. The van der Waals surface area contributed by atoms with Gasteiger partial charge < -0.3 is 10.4 Å². The number of nitrogens with one attached hydrogen (secondary N) is 1. The molecule has 2 atom stereocenters. The van der Waals surface area contributed by atoms with Crippen molar-refractivity contribution in [1.29, 1.82) is 0 Å². The first-order valence-electron chi connectivity index (χ1n) is 10.2. The van der Waals surface area contributed by atoms with Crippen molar-refractivity contribution in [3.63, 3.8) is 0 Å². The van der Waals surface area contributed by atoms with Crippen LogP contribution in [0.3, 0.4) is 0 Å². The molecule has 3 nitrogen and oxygen atoms in total. The Bertz CT molecular complexity index is 293. The quantitative estimate of drug-likeness (QED) is 0.413. The maximum atomic E-state index is 10.5. The topological polar surface area (TPSA) is 49.3 Å². The van der Waals surface area contributed by atoms with Gasteiger partial charge in [-0.2, -0.15) is 0 Å². The van der Waals surface area contributed by atoms with Crippen molar-refractivity contribution in [3.05, 3.63) is 0 Å². The van der Waals surface area contributed by atoms with E-state index in [2.05, 4.69) is 12.2 Å². The third-order valence-electron chi connectivity index (χ3n) is 5.31. The van der Waals surface area contributed by atoms with E-state index < -0.39 is 5.97 Å². The minimum Gasteiger partial charge on any atom is -0.481 e. The molecule has 0 bridgehead atoms. The molecule has 136 valence electrons. The second kappa shape index (κ2) is 13.8. The molecule has 0 aromatic carbocycles. The largest absolute Gasteiger partial charge is 0.481 e. The summed E-state index contributed by atoms with van der Waals surface area (Å²) in [6, 6.07) is 0.744. The fourth-order valence-corrected chi connectivity index (χ4v) is 3.87. The lowest BCUT2D eigenvalue weighted by atomic mass is 9.81. The van der Waals surface area contributed by atoms with Crippen LogP contribution in [0.15, 0.2) is 0 Å². The van der Waals surface area contributed by atoms with Crippen molar-refractivity contribution in [2.24, 2.45) is 5.92 Å².